The fourth-order valence-electron chi connectivity index (χ4n) is 5.62. The molecule has 10 heteroatoms. The number of nitrogens with one attached hydrogen (secondary N) is 2. The summed E-state index contributed by atoms with van der Waals surface area (Å²) in [6.45, 7) is 10.5. The number of amides is 2. The van der Waals surface area contributed by atoms with E-state index in [2.05, 4.69) is 64.5 Å². The summed E-state index contributed by atoms with van der Waals surface area (Å²) < 4.78 is 7.17. The molecule has 2 fully saturated rings. The van der Waals surface area contributed by atoms with Crippen molar-refractivity contribution < 1.29 is 9.53 Å². The molecule has 5 aromatic rings. The summed E-state index contributed by atoms with van der Waals surface area (Å²) in [7, 11) is 0. The first-order chi connectivity index (χ1) is 21.8. The monoisotopic (exact) mass is 602 g/mol. The highest BCUT2D eigenvalue weighted by molar-refractivity contribution is 6.09. The highest BCUT2D eigenvalue weighted by Gasteiger charge is 2.27. The lowest BCUT2D eigenvalue weighted by atomic mass is 9.92. The molecular weight excluding hydrogens is 564 g/mol. The molecule has 7 rings (SSSR count). The summed E-state index contributed by atoms with van der Waals surface area (Å²) in [6, 6.07) is 17.8. The first-order valence-electron chi connectivity index (χ1n) is 15.6. The molecule has 0 bridgehead atoms. The summed E-state index contributed by atoms with van der Waals surface area (Å²) >= 11 is 0. The number of fused-ring (bicyclic) bond motifs is 1. The molecular formula is C35H38N8O2. The zero-order valence-electron chi connectivity index (χ0n) is 26.0. The Morgan fingerprint density at radius 1 is 0.911 bits per heavy atom. The van der Waals surface area contributed by atoms with Crippen LogP contribution in [0.2, 0.25) is 0 Å². The van der Waals surface area contributed by atoms with Crippen LogP contribution in [0, 0.1) is 0 Å². The van der Waals surface area contributed by atoms with E-state index < -0.39 is 0 Å². The van der Waals surface area contributed by atoms with Gasteiger partial charge < -0.3 is 10.1 Å². The highest BCUT2D eigenvalue weighted by atomic mass is 16.5. The van der Waals surface area contributed by atoms with Gasteiger partial charge in [-0.15, -0.1) is 0 Å². The van der Waals surface area contributed by atoms with Gasteiger partial charge in [0.05, 0.1) is 42.7 Å². The minimum Gasteiger partial charge on any atom is -0.379 e. The van der Waals surface area contributed by atoms with Gasteiger partial charge in [0.2, 0.25) is 0 Å². The number of hydrogen-bond donors (Lipinski definition) is 2. The SMILES string of the molecule is CC(C)(C)c1cc(NC(=O)Nc2ccc(-c3ccc(CN4CCOCC4)nc3)c3ccccc23)n(-c2cnc(C3CC3)nc2)n1. The number of aromatic nitrogens is 5. The molecule has 0 spiro atoms. The van der Waals surface area contributed by atoms with Gasteiger partial charge in [-0.25, -0.2) is 19.4 Å². The number of benzene rings is 2. The Morgan fingerprint density at radius 2 is 1.67 bits per heavy atom. The van der Waals surface area contributed by atoms with E-state index in [1.165, 1.54) is 0 Å². The zero-order valence-corrected chi connectivity index (χ0v) is 26.0. The number of urea groups is 1. The van der Waals surface area contributed by atoms with Crippen LogP contribution in [0.5, 0.6) is 0 Å². The van der Waals surface area contributed by atoms with Crippen molar-refractivity contribution in [2.24, 2.45) is 0 Å². The van der Waals surface area contributed by atoms with Gasteiger partial charge in [0.25, 0.3) is 0 Å². The topological polar surface area (TPSA) is 110 Å². The van der Waals surface area contributed by atoms with Gasteiger partial charge in [0, 0.05) is 54.2 Å². The molecule has 3 aromatic heterocycles. The van der Waals surface area contributed by atoms with Crippen molar-refractivity contribution >= 4 is 28.3 Å². The van der Waals surface area contributed by atoms with Crippen molar-refractivity contribution in [2.45, 2.75) is 51.5 Å². The molecule has 230 valence electrons. The number of rotatable bonds is 7. The van der Waals surface area contributed by atoms with Crippen LogP contribution >= 0.6 is 0 Å². The number of anilines is 2. The summed E-state index contributed by atoms with van der Waals surface area (Å²) in [6.07, 6.45) is 7.76. The van der Waals surface area contributed by atoms with E-state index in [1.807, 2.05) is 42.6 Å². The van der Waals surface area contributed by atoms with Gasteiger partial charge in [0.15, 0.2) is 0 Å². The maximum Gasteiger partial charge on any atom is 0.324 e. The highest BCUT2D eigenvalue weighted by Crippen LogP contribution is 2.38. The van der Waals surface area contributed by atoms with Gasteiger partial charge in [-0.3, -0.25) is 15.2 Å². The Morgan fingerprint density at radius 3 is 2.36 bits per heavy atom. The molecule has 1 aliphatic carbocycles. The lowest BCUT2D eigenvalue weighted by molar-refractivity contribution is 0.0336. The van der Waals surface area contributed by atoms with Crippen molar-refractivity contribution in [3.63, 3.8) is 0 Å². The lowest BCUT2D eigenvalue weighted by Gasteiger charge is -2.26. The maximum absolute atomic E-state index is 13.5. The van der Waals surface area contributed by atoms with Gasteiger partial charge in [-0.05, 0) is 35.9 Å². The Hall–Kier alpha value is -4.67. The Balaban J connectivity index is 1.12. The fourth-order valence-corrected chi connectivity index (χ4v) is 5.62. The number of pyridine rings is 1. The largest absolute Gasteiger partial charge is 0.379 e. The minimum absolute atomic E-state index is 0.214. The van der Waals surface area contributed by atoms with Crippen LogP contribution in [0.3, 0.4) is 0 Å². The van der Waals surface area contributed by atoms with E-state index in [9.17, 15) is 4.79 Å². The van der Waals surface area contributed by atoms with E-state index in [4.69, 9.17) is 14.8 Å². The molecule has 0 radical (unpaired) electrons. The summed E-state index contributed by atoms with van der Waals surface area (Å²) in [4.78, 5) is 29.7. The molecule has 0 unspecified atom stereocenters. The number of morpholine rings is 1. The van der Waals surface area contributed by atoms with Crippen LogP contribution < -0.4 is 10.6 Å². The van der Waals surface area contributed by atoms with Crippen LogP contribution in [-0.4, -0.2) is 62.0 Å². The van der Waals surface area contributed by atoms with E-state index in [0.29, 0.717) is 23.1 Å². The van der Waals surface area contributed by atoms with Crippen molar-refractivity contribution in [2.75, 3.05) is 36.9 Å². The first-order valence-corrected chi connectivity index (χ1v) is 15.6. The van der Waals surface area contributed by atoms with E-state index in [1.54, 1.807) is 17.1 Å². The summed E-state index contributed by atoms with van der Waals surface area (Å²) in [5, 5.41) is 12.9. The van der Waals surface area contributed by atoms with Crippen LogP contribution in [0.4, 0.5) is 16.3 Å². The van der Waals surface area contributed by atoms with Crippen molar-refractivity contribution in [3.8, 4) is 16.8 Å². The average Bonchev–Trinajstić information content (AvgIpc) is 3.81. The second-order valence-electron chi connectivity index (χ2n) is 12.9. The number of carbonyl (C=O) groups excluding carboxylic acids is 1. The summed E-state index contributed by atoms with van der Waals surface area (Å²) in [5.41, 5.74) is 5.18. The molecule has 4 heterocycles. The smallest absolute Gasteiger partial charge is 0.324 e. The van der Waals surface area contributed by atoms with Gasteiger partial charge >= 0.3 is 6.03 Å². The van der Waals surface area contributed by atoms with Crippen molar-refractivity contribution in [1.82, 2.24) is 29.6 Å². The van der Waals surface area contributed by atoms with Gasteiger partial charge in [-0.2, -0.15) is 5.10 Å². The standard InChI is InChI=1S/C35H38N8O2/c1-35(2,3)31-18-32(43(41-31)26-20-37-33(38-21-26)23-8-9-23)40-34(44)39-30-13-12-27(28-6-4-5-7-29(28)30)24-10-11-25(36-19-24)22-42-14-16-45-17-15-42/h4-7,10-13,18-21,23H,8-9,14-17,22H2,1-3H3,(H2,39,40,44). The molecule has 2 amide bonds. The molecule has 2 aliphatic rings. The molecule has 1 aliphatic heterocycles. The number of nitrogens with zero attached hydrogens (tertiary/aromatic N) is 6. The molecule has 2 N–H and O–H groups in total. The van der Waals surface area contributed by atoms with Crippen molar-refractivity contribution in [1.29, 1.82) is 0 Å². The Kier molecular flexibility index (Phi) is 7.76. The van der Waals surface area contributed by atoms with Gasteiger partial charge in [-0.1, -0.05) is 57.2 Å². The molecule has 10 nitrogen and oxygen atoms in total. The lowest BCUT2D eigenvalue weighted by Crippen LogP contribution is -2.35. The third kappa shape index (κ3) is 6.43. The van der Waals surface area contributed by atoms with E-state index >= 15 is 0 Å². The molecule has 2 aromatic carbocycles. The molecule has 1 saturated carbocycles. The van der Waals surface area contributed by atoms with Crippen LogP contribution in [0.25, 0.3) is 27.6 Å². The number of hydrogen-bond acceptors (Lipinski definition) is 7. The van der Waals surface area contributed by atoms with E-state index in [0.717, 1.165) is 84.8 Å². The quantitative estimate of drug-likeness (QED) is 0.218. The van der Waals surface area contributed by atoms with Gasteiger partial charge in [0.1, 0.15) is 17.3 Å². The normalized spacial score (nSPS) is 15.7. The Bertz CT molecular complexity index is 1820. The summed E-state index contributed by atoms with van der Waals surface area (Å²) in [5.74, 6) is 1.87. The second-order valence-corrected chi connectivity index (χ2v) is 12.9. The van der Waals surface area contributed by atoms with Crippen LogP contribution in [0.15, 0.2) is 73.2 Å². The zero-order chi connectivity index (χ0) is 31.0. The Labute approximate surface area is 262 Å². The van der Waals surface area contributed by atoms with E-state index in [-0.39, 0.29) is 11.4 Å². The number of ether oxygens (including phenoxy) is 1. The fraction of sp³-hybridized carbons (Fsp3) is 0.343. The first kappa shape index (κ1) is 29.1. The third-order valence-electron chi connectivity index (χ3n) is 8.36. The van der Waals surface area contributed by atoms with Crippen LogP contribution in [0.1, 0.15) is 56.7 Å². The van der Waals surface area contributed by atoms with Crippen LogP contribution in [-0.2, 0) is 16.7 Å². The number of carbonyl (C=O) groups is 1. The van der Waals surface area contributed by atoms with Crippen molar-refractivity contribution in [3.05, 3.63) is 90.4 Å². The maximum atomic E-state index is 13.5. The third-order valence-corrected chi connectivity index (χ3v) is 8.36. The predicted molar refractivity (Wildman–Crippen MR) is 176 cm³/mol. The second kappa shape index (κ2) is 12.0. The molecule has 45 heavy (non-hydrogen) atoms. The predicted octanol–water partition coefficient (Wildman–Crippen LogP) is 6.53. The molecule has 0 atom stereocenters. The minimum atomic E-state index is -0.362. The molecule has 1 saturated heterocycles. The average molecular weight is 603 g/mol.